The van der Waals surface area contributed by atoms with Crippen molar-refractivity contribution in [2.75, 3.05) is 0 Å². The second-order valence-electron chi connectivity index (χ2n) is 11.8. The lowest BCUT2D eigenvalue weighted by molar-refractivity contribution is 0.280. The van der Waals surface area contributed by atoms with E-state index in [4.69, 9.17) is 0 Å². The zero-order chi connectivity index (χ0) is 35.4. The fourth-order valence-electron chi connectivity index (χ4n) is 6.26. The third-order valence-electron chi connectivity index (χ3n) is 8.61. The van der Waals surface area contributed by atoms with Crippen LogP contribution in [0.4, 0.5) is 0 Å². The minimum Gasteiger partial charge on any atom is -0.392 e. The van der Waals surface area contributed by atoms with Crippen molar-refractivity contribution in [2.45, 2.75) is 26.1 Å². The second-order valence-corrected chi connectivity index (χ2v) is 17.3. The lowest BCUT2D eigenvalue weighted by Crippen LogP contribution is -2.03. The maximum atomic E-state index is 9.43. The number of hydrogen-bond donors (Lipinski definition) is 2. The average Bonchev–Trinajstić information content (AvgIpc) is 3.11. The Morgan fingerprint density at radius 1 is 0.360 bits per heavy atom. The smallest absolute Gasteiger partial charge is 0.0688 e. The number of rotatable bonds is 3. The largest absolute Gasteiger partial charge is 0.392 e. The number of aryl methyl sites for hydroxylation is 2. The molecule has 0 amide bonds. The van der Waals surface area contributed by atoms with E-state index in [-0.39, 0.29) is 13.2 Å². The van der Waals surface area contributed by atoms with E-state index in [9.17, 15) is 10.2 Å². The molecule has 2 nitrogen and oxygen atoms in total. The first kappa shape index (κ1) is 37.6. The summed E-state index contributed by atoms with van der Waals surface area (Å²) in [6.45, 7) is -0.0641. The highest BCUT2D eigenvalue weighted by atomic mass is 79.9. The predicted octanol–water partition coefficient (Wildman–Crippen LogP) is 14.4. The lowest BCUT2D eigenvalue weighted by Gasteiger charge is -2.20. The second kappa shape index (κ2) is 17.1. The SMILES string of the molecule is Brc1ccc2c(c1)CCc1cc(Br)ccc1-2.Brc1ccc2c(ccc3cc(Br)ccc32)c1.OCc1cc(Br)ccc1-c1ccc(Br)cc1CO. The third-order valence-corrected chi connectivity index (χ3v) is 11.6. The maximum Gasteiger partial charge on any atom is 0.0688 e. The zero-order valence-electron chi connectivity index (χ0n) is 26.5. The fourth-order valence-corrected chi connectivity index (χ4v) is 8.65. The Bertz CT molecular complexity index is 2170. The van der Waals surface area contributed by atoms with E-state index in [0.29, 0.717) is 0 Å². The van der Waals surface area contributed by atoms with Crippen LogP contribution in [0, 0.1) is 0 Å². The monoisotopic (exact) mass is 1040 g/mol. The average molecular weight is 1050 g/mol. The number of halogens is 6. The Hall–Kier alpha value is -2.14. The van der Waals surface area contributed by atoms with Gasteiger partial charge in [-0.2, -0.15) is 0 Å². The molecule has 252 valence electrons. The molecule has 7 aromatic rings. The van der Waals surface area contributed by atoms with Crippen LogP contribution in [-0.4, -0.2) is 10.2 Å². The molecule has 1 aliphatic carbocycles. The predicted molar refractivity (Wildman–Crippen MR) is 231 cm³/mol. The summed E-state index contributed by atoms with van der Waals surface area (Å²) in [6.07, 6.45) is 2.27. The summed E-state index contributed by atoms with van der Waals surface area (Å²) >= 11 is 20.8. The van der Waals surface area contributed by atoms with Gasteiger partial charge in [0.2, 0.25) is 0 Å². The number of aliphatic hydroxyl groups excluding tert-OH is 2. The molecule has 2 N–H and O–H groups in total. The molecule has 0 saturated carbocycles. The Kier molecular flexibility index (Phi) is 12.9. The van der Waals surface area contributed by atoms with Gasteiger partial charge in [-0.15, -0.1) is 0 Å². The summed E-state index contributed by atoms with van der Waals surface area (Å²) in [6, 6.07) is 41.8. The van der Waals surface area contributed by atoms with Gasteiger partial charge in [-0.05, 0) is 152 Å². The number of benzene rings is 7. The van der Waals surface area contributed by atoms with Crippen LogP contribution in [0.1, 0.15) is 22.3 Å². The van der Waals surface area contributed by atoms with Crippen molar-refractivity contribution in [3.63, 3.8) is 0 Å². The van der Waals surface area contributed by atoms with E-state index >= 15 is 0 Å². The van der Waals surface area contributed by atoms with Crippen molar-refractivity contribution in [3.8, 4) is 22.3 Å². The summed E-state index contributed by atoms with van der Waals surface area (Å²) in [5.74, 6) is 0. The van der Waals surface area contributed by atoms with Gasteiger partial charge in [-0.25, -0.2) is 0 Å². The van der Waals surface area contributed by atoms with Gasteiger partial charge in [0.15, 0.2) is 0 Å². The van der Waals surface area contributed by atoms with Gasteiger partial charge in [0.05, 0.1) is 13.2 Å². The first-order valence-electron chi connectivity index (χ1n) is 15.8. The highest BCUT2D eigenvalue weighted by molar-refractivity contribution is 9.11. The van der Waals surface area contributed by atoms with Gasteiger partial charge in [0.25, 0.3) is 0 Å². The Morgan fingerprint density at radius 3 is 1.06 bits per heavy atom. The van der Waals surface area contributed by atoms with Crippen molar-refractivity contribution in [1.82, 2.24) is 0 Å². The van der Waals surface area contributed by atoms with Gasteiger partial charge < -0.3 is 10.2 Å². The summed E-state index contributed by atoms with van der Waals surface area (Å²) in [7, 11) is 0. The van der Waals surface area contributed by atoms with Crippen LogP contribution in [0.2, 0.25) is 0 Å². The molecule has 50 heavy (non-hydrogen) atoms. The molecule has 0 fully saturated rings. The molecule has 1 aliphatic rings. The van der Waals surface area contributed by atoms with Gasteiger partial charge in [0.1, 0.15) is 0 Å². The van der Waals surface area contributed by atoms with Gasteiger partial charge in [-0.1, -0.05) is 144 Å². The quantitative estimate of drug-likeness (QED) is 0.173. The van der Waals surface area contributed by atoms with Crippen LogP contribution in [0.25, 0.3) is 43.8 Å². The van der Waals surface area contributed by atoms with Crippen molar-refractivity contribution in [3.05, 3.63) is 170 Å². The maximum absolute atomic E-state index is 9.43. The van der Waals surface area contributed by atoms with Crippen LogP contribution in [-0.2, 0) is 26.1 Å². The molecule has 0 spiro atoms. The fraction of sp³-hybridized carbons (Fsp3) is 0.0952. The summed E-state index contributed by atoms with van der Waals surface area (Å²) in [5.41, 5.74) is 9.22. The van der Waals surface area contributed by atoms with E-state index in [1.165, 1.54) is 52.7 Å². The molecule has 0 aliphatic heterocycles. The summed E-state index contributed by atoms with van der Waals surface area (Å²) in [5, 5.41) is 24.0. The highest BCUT2D eigenvalue weighted by Crippen LogP contribution is 2.36. The normalized spacial score (nSPS) is 11.6. The Morgan fingerprint density at radius 2 is 0.680 bits per heavy atom. The first-order chi connectivity index (χ1) is 24.1. The van der Waals surface area contributed by atoms with Crippen LogP contribution in [0.15, 0.2) is 148 Å². The lowest BCUT2D eigenvalue weighted by atomic mass is 9.86. The number of fused-ring (bicyclic) bond motifs is 6. The topological polar surface area (TPSA) is 40.5 Å². The van der Waals surface area contributed by atoms with E-state index in [2.05, 4.69) is 181 Å². The number of aliphatic hydroxyl groups is 2. The molecular weight excluding hydrogens is 1020 g/mol. The Balaban J connectivity index is 0.000000130. The van der Waals surface area contributed by atoms with Gasteiger partial charge in [0, 0.05) is 26.8 Å². The molecule has 8 heteroatoms. The Labute approximate surface area is 342 Å². The first-order valence-corrected chi connectivity index (χ1v) is 20.5. The van der Waals surface area contributed by atoms with E-state index < -0.39 is 0 Å². The van der Waals surface area contributed by atoms with Crippen molar-refractivity contribution in [2.24, 2.45) is 0 Å². The van der Waals surface area contributed by atoms with Crippen LogP contribution < -0.4 is 0 Å². The van der Waals surface area contributed by atoms with Gasteiger partial charge in [-0.3, -0.25) is 0 Å². The van der Waals surface area contributed by atoms with Crippen LogP contribution in [0.3, 0.4) is 0 Å². The molecule has 0 atom stereocenters. The number of hydrogen-bond acceptors (Lipinski definition) is 2. The molecule has 8 rings (SSSR count). The highest BCUT2D eigenvalue weighted by Gasteiger charge is 2.16. The molecule has 7 aromatic carbocycles. The third kappa shape index (κ3) is 8.89. The van der Waals surface area contributed by atoms with Crippen LogP contribution in [0.5, 0.6) is 0 Å². The van der Waals surface area contributed by atoms with Crippen molar-refractivity contribution < 1.29 is 10.2 Å². The molecule has 0 saturated heterocycles. The zero-order valence-corrected chi connectivity index (χ0v) is 36.1. The molecule has 0 unspecified atom stereocenters. The standard InChI is InChI=1S/C14H12Br2O2.C14H10Br2.C14H8Br2/c15-11-1-3-13(9(5-11)7-17)14-4-2-12(16)6-10(14)8-18;2*15-11-3-5-13-9(7-11)1-2-10-8-12(16)4-6-14(10)13/h1-6,17-18H,7-8H2;3-8H,1-2H2;1-8H. The molecule has 0 radical (unpaired) electrons. The van der Waals surface area contributed by atoms with Crippen molar-refractivity contribution >= 4 is 117 Å². The molecule has 0 aromatic heterocycles. The van der Waals surface area contributed by atoms with E-state index in [1.807, 2.05) is 36.4 Å². The minimum atomic E-state index is -0.0320. The summed E-state index contributed by atoms with van der Waals surface area (Å²) in [4.78, 5) is 0. The van der Waals surface area contributed by atoms with E-state index in [1.54, 1.807) is 0 Å². The minimum absolute atomic E-state index is 0.0320. The molecular formula is C42H30Br6O2. The van der Waals surface area contributed by atoms with E-state index in [0.717, 1.165) is 53.0 Å². The van der Waals surface area contributed by atoms with Crippen molar-refractivity contribution in [1.29, 1.82) is 0 Å². The summed E-state index contributed by atoms with van der Waals surface area (Å²) < 4.78 is 6.45. The van der Waals surface area contributed by atoms with Gasteiger partial charge >= 0.3 is 0 Å². The molecule has 0 heterocycles. The van der Waals surface area contributed by atoms with Crippen LogP contribution >= 0.6 is 95.6 Å². The molecule has 0 bridgehead atoms.